The number of aliphatic carboxylic acids is 1. The number of oxazole rings is 1. The van der Waals surface area contributed by atoms with Crippen molar-refractivity contribution in [2.24, 2.45) is 5.92 Å². The van der Waals surface area contributed by atoms with Gasteiger partial charge >= 0.3 is 12.1 Å². The molecule has 0 saturated heterocycles. The van der Waals surface area contributed by atoms with Crippen molar-refractivity contribution in [3.63, 3.8) is 0 Å². The second-order valence-electron chi connectivity index (χ2n) is 5.24. The summed E-state index contributed by atoms with van der Waals surface area (Å²) >= 11 is 0. The lowest BCUT2D eigenvalue weighted by atomic mass is 9.91. The Morgan fingerprint density at radius 2 is 1.95 bits per heavy atom. The van der Waals surface area contributed by atoms with E-state index in [-0.39, 0.29) is 12.3 Å². The van der Waals surface area contributed by atoms with Crippen LogP contribution in [0.25, 0.3) is 11.5 Å². The average Bonchev–Trinajstić information content (AvgIpc) is 2.89. The maximum atomic E-state index is 12.5. The van der Waals surface area contributed by atoms with Gasteiger partial charge in [0.05, 0.1) is 17.2 Å². The van der Waals surface area contributed by atoms with Crippen LogP contribution in [-0.2, 0) is 23.8 Å². The van der Waals surface area contributed by atoms with Crippen LogP contribution in [0.1, 0.15) is 23.4 Å². The number of aromatic nitrogens is 1. The Hall–Kier alpha value is -2.31. The van der Waals surface area contributed by atoms with E-state index < -0.39 is 23.6 Å². The number of carbonyl (C=O) groups is 1. The number of carboxylic acids is 1. The van der Waals surface area contributed by atoms with Crippen molar-refractivity contribution in [3.05, 3.63) is 41.3 Å². The van der Waals surface area contributed by atoms with Crippen LogP contribution in [-0.4, -0.2) is 16.1 Å². The molecule has 1 N–H and O–H groups in total. The van der Waals surface area contributed by atoms with E-state index >= 15 is 0 Å². The van der Waals surface area contributed by atoms with Crippen LogP contribution < -0.4 is 0 Å². The van der Waals surface area contributed by atoms with Crippen molar-refractivity contribution in [3.8, 4) is 11.5 Å². The minimum absolute atomic E-state index is 0.227. The number of rotatable bonds is 2. The molecule has 1 atom stereocenters. The fraction of sp³-hybridized carbons (Fsp3) is 0.333. The Bertz CT molecular complexity index is 704. The highest BCUT2D eigenvalue weighted by molar-refractivity contribution is 5.70. The fourth-order valence-electron chi connectivity index (χ4n) is 2.51. The summed E-state index contributed by atoms with van der Waals surface area (Å²) in [4.78, 5) is 15.3. The lowest BCUT2D eigenvalue weighted by Gasteiger charge is -2.15. The van der Waals surface area contributed by atoms with Crippen LogP contribution in [0, 0.1) is 5.92 Å². The number of hydrogen-bond acceptors (Lipinski definition) is 3. The highest BCUT2D eigenvalue weighted by Gasteiger charge is 2.31. The number of carboxylic acid groups (broad SMARTS) is 1. The first-order valence-electron chi connectivity index (χ1n) is 6.73. The van der Waals surface area contributed by atoms with E-state index in [2.05, 4.69) is 4.98 Å². The monoisotopic (exact) mass is 311 g/mol. The van der Waals surface area contributed by atoms with E-state index in [1.165, 1.54) is 12.1 Å². The number of aryl methyl sites for hydroxylation is 1. The molecular formula is C15H12F3NO3. The van der Waals surface area contributed by atoms with Crippen molar-refractivity contribution in [2.75, 3.05) is 0 Å². The predicted octanol–water partition coefficient (Wildman–Crippen LogP) is 3.55. The summed E-state index contributed by atoms with van der Waals surface area (Å²) in [6.07, 6.45) is -3.14. The fourth-order valence-corrected chi connectivity index (χ4v) is 2.51. The molecule has 0 bridgehead atoms. The van der Waals surface area contributed by atoms with Gasteiger partial charge in [0.2, 0.25) is 5.89 Å². The summed E-state index contributed by atoms with van der Waals surface area (Å²) in [6.45, 7) is 0. The van der Waals surface area contributed by atoms with Crippen molar-refractivity contribution in [1.29, 1.82) is 0 Å². The Kier molecular flexibility index (Phi) is 3.42. The maximum Gasteiger partial charge on any atom is 0.416 e. The first-order valence-corrected chi connectivity index (χ1v) is 6.73. The van der Waals surface area contributed by atoms with Crippen LogP contribution >= 0.6 is 0 Å². The quantitative estimate of drug-likeness (QED) is 0.921. The van der Waals surface area contributed by atoms with Crippen LogP contribution in [0.4, 0.5) is 13.2 Å². The molecule has 1 aliphatic rings. The number of benzene rings is 1. The van der Waals surface area contributed by atoms with Crippen LogP contribution in [0.5, 0.6) is 0 Å². The van der Waals surface area contributed by atoms with Gasteiger partial charge in [-0.25, -0.2) is 4.98 Å². The Morgan fingerprint density at radius 1 is 1.27 bits per heavy atom. The Labute approximate surface area is 123 Å². The number of alkyl halides is 3. The van der Waals surface area contributed by atoms with Crippen LogP contribution in [0.15, 0.2) is 28.7 Å². The molecule has 0 aliphatic heterocycles. The van der Waals surface area contributed by atoms with Crippen molar-refractivity contribution in [2.45, 2.75) is 25.4 Å². The van der Waals surface area contributed by atoms with E-state index in [1.54, 1.807) is 0 Å². The van der Waals surface area contributed by atoms with Crippen molar-refractivity contribution < 1.29 is 27.5 Å². The second kappa shape index (κ2) is 5.15. The van der Waals surface area contributed by atoms with Gasteiger partial charge in [0.1, 0.15) is 5.76 Å². The normalized spacial score (nSPS) is 18.0. The van der Waals surface area contributed by atoms with Gasteiger partial charge in [-0.1, -0.05) is 0 Å². The molecule has 0 radical (unpaired) electrons. The zero-order valence-corrected chi connectivity index (χ0v) is 11.4. The summed E-state index contributed by atoms with van der Waals surface area (Å²) in [5.41, 5.74) is 0.389. The van der Waals surface area contributed by atoms with Crippen LogP contribution in [0.2, 0.25) is 0 Å². The summed E-state index contributed by atoms with van der Waals surface area (Å²) in [5.74, 6) is -0.641. The molecule has 1 aliphatic carbocycles. The smallest absolute Gasteiger partial charge is 0.416 e. The molecule has 4 nitrogen and oxygen atoms in total. The van der Waals surface area contributed by atoms with E-state index in [0.29, 0.717) is 29.9 Å². The van der Waals surface area contributed by atoms with E-state index in [9.17, 15) is 18.0 Å². The molecule has 116 valence electrons. The molecule has 1 unspecified atom stereocenters. The lowest BCUT2D eigenvalue weighted by Crippen LogP contribution is -2.21. The third-order valence-electron chi connectivity index (χ3n) is 3.75. The largest absolute Gasteiger partial charge is 0.481 e. The topological polar surface area (TPSA) is 63.3 Å². The highest BCUT2D eigenvalue weighted by Crippen LogP contribution is 2.33. The highest BCUT2D eigenvalue weighted by atomic mass is 19.4. The van der Waals surface area contributed by atoms with E-state index in [1.807, 2.05) is 0 Å². The summed E-state index contributed by atoms with van der Waals surface area (Å²) < 4.78 is 43.1. The van der Waals surface area contributed by atoms with Crippen molar-refractivity contribution >= 4 is 5.97 Å². The average molecular weight is 311 g/mol. The molecule has 3 rings (SSSR count). The molecule has 1 aromatic heterocycles. The maximum absolute atomic E-state index is 12.5. The van der Waals surface area contributed by atoms with E-state index in [4.69, 9.17) is 9.52 Å². The molecule has 22 heavy (non-hydrogen) atoms. The van der Waals surface area contributed by atoms with Gasteiger partial charge in [-0.3, -0.25) is 4.79 Å². The molecule has 1 aromatic carbocycles. The predicted molar refractivity (Wildman–Crippen MR) is 70.1 cm³/mol. The molecule has 2 aromatic rings. The summed E-state index contributed by atoms with van der Waals surface area (Å²) in [5, 5.41) is 9.03. The van der Waals surface area contributed by atoms with Crippen molar-refractivity contribution in [1.82, 2.24) is 4.98 Å². The first-order chi connectivity index (χ1) is 10.3. The third kappa shape index (κ3) is 2.70. The van der Waals surface area contributed by atoms with Gasteiger partial charge < -0.3 is 9.52 Å². The molecule has 0 fully saturated rings. The van der Waals surface area contributed by atoms with Gasteiger partial charge in [-0.15, -0.1) is 0 Å². The Morgan fingerprint density at radius 3 is 2.55 bits per heavy atom. The second-order valence-corrected chi connectivity index (χ2v) is 5.24. The lowest BCUT2D eigenvalue weighted by molar-refractivity contribution is -0.142. The number of halogens is 3. The van der Waals surface area contributed by atoms with Gasteiger partial charge in [0.15, 0.2) is 0 Å². The minimum atomic E-state index is -4.39. The molecular weight excluding hydrogens is 299 g/mol. The Balaban J connectivity index is 1.87. The zero-order chi connectivity index (χ0) is 15.9. The van der Waals surface area contributed by atoms with Gasteiger partial charge in [-0.2, -0.15) is 13.2 Å². The van der Waals surface area contributed by atoms with Gasteiger partial charge in [-0.05, 0) is 37.1 Å². The van der Waals surface area contributed by atoms with Crippen LogP contribution in [0.3, 0.4) is 0 Å². The van der Waals surface area contributed by atoms with Gasteiger partial charge in [0.25, 0.3) is 0 Å². The SMILES string of the molecule is O=C(O)C1CCc2nc(-c3ccc(C(F)(F)F)cc3)oc2C1. The number of fused-ring (bicyclic) bond motifs is 1. The zero-order valence-electron chi connectivity index (χ0n) is 11.4. The molecule has 1 heterocycles. The number of nitrogens with zero attached hydrogens (tertiary/aromatic N) is 1. The molecule has 7 heteroatoms. The molecule has 0 amide bonds. The summed E-state index contributed by atoms with van der Waals surface area (Å²) in [6, 6.07) is 4.54. The van der Waals surface area contributed by atoms with Gasteiger partial charge in [0, 0.05) is 12.0 Å². The first kappa shape index (κ1) is 14.6. The standard InChI is InChI=1S/C15H12F3NO3/c16-15(17,18)10-4-1-8(2-5-10)13-19-11-6-3-9(14(20)21)7-12(11)22-13/h1-2,4-5,9H,3,6-7H2,(H,20,21). The number of hydrogen-bond donors (Lipinski definition) is 1. The summed E-state index contributed by atoms with van der Waals surface area (Å²) in [7, 11) is 0. The molecule has 0 saturated carbocycles. The minimum Gasteiger partial charge on any atom is -0.481 e. The molecule has 0 spiro atoms. The third-order valence-corrected chi connectivity index (χ3v) is 3.75. The van der Waals surface area contributed by atoms with E-state index in [0.717, 1.165) is 12.1 Å².